The maximum atomic E-state index is 13.1. The average Bonchev–Trinajstić information content (AvgIpc) is 2.73. The highest BCUT2D eigenvalue weighted by molar-refractivity contribution is 5.75. The molecule has 1 aliphatic carbocycles. The predicted octanol–water partition coefficient (Wildman–Crippen LogP) is 2.83. The fourth-order valence-electron chi connectivity index (χ4n) is 2.70. The van der Waals surface area contributed by atoms with Crippen molar-refractivity contribution in [3.05, 3.63) is 29.6 Å². The van der Waals surface area contributed by atoms with Gasteiger partial charge in [-0.25, -0.2) is 13.8 Å². The zero-order valence-electron chi connectivity index (χ0n) is 9.92. The third kappa shape index (κ3) is 1.88. The van der Waals surface area contributed by atoms with E-state index in [0.717, 1.165) is 43.6 Å². The second-order valence-corrected chi connectivity index (χ2v) is 4.96. The number of imidazole rings is 1. The van der Waals surface area contributed by atoms with Gasteiger partial charge < -0.3 is 10.7 Å². The van der Waals surface area contributed by atoms with E-state index in [4.69, 9.17) is 5.73 Å². The number of aromatic amines is 1. The van der Waals surface area contributed by atoms with Crippen LogP contribution in [0.3, 0.4) is 0 Å². The van der Waals surface area contributed by atoms with Gasteiger partial charge in [0, 0.05) is 24.1 Å². The first-order chi connectivity index (χ1) is 8.65. The van der Waals surface area contributed by atoms with E-state index in [1.54, 1.807) is 0 Å². The minimum Gasteiger partial charge on any atom is -0.342 e. The van der Waals surface area contributed by atoms with Crippen LogP contribution in [-0.2, 0) is 0 Å². The van der Waals surface area contributed by atoms with Crippen molar-refractivity contribution in [3.8, 4) is 0 Å². The van der Waals surface area contributed by atoms with Crippen LogP contribution in [0.4, 0.5) is 8.78 Å². The van der Waals surface area contributed by atoms with Gasteiger partial charge in [-0.15, -0.1) is 0 Å². The molecule has 96 valence electrons. The average molecular weight is 251 g/mol. The van der Waals surface area contributed by atoms with Crippen molar-refractivity contribution in [1.29, 1.82) is 0 Å². The molecule has 1 fully saturated rings. The monoisotopic (exact) mass is 251 g/mol. The molecule has 1 saturated carbocycles. The summed E-state index contributed by atoms with van der Waals surface area (Å²) >= 11 is 0. The number of benzene rings is 1. The van der Waals surface area contributed by atoms with Crippen LogP contribution >= 0.6 is 0 Å². The van der Waals surface area contributed by atoms with Crippen LogP contribution in [-0.4, -0.2) is 16.0 Å². The molecule has 0 bridgehead atoms. The van der Waals surface area contributed by atoms with Crippen LogP contribution in [0.15, 0.2) is 12.1 Å². The Kier molecular flexibility index (Phi) is 2.78. The van der Waals surface area contributed by atoms with Crippen molar-refractivity contribution < 1.29 is 8.78 Å². The molecule has 3 rings (SSSR count). The smallest absolute Gasteiger partial charge is 0.161 e. The highest BCUT2D eigenvalue weighted by Crippen LogP contribution is 2.31. The highest BCUT2D eigenvalue weighted by Gasteiger charge is 2.26. The lowest BCUT2D eigenvalue weighted by Gasteiger charge is -2.26. The molecule has 5 heteroatoms. The van der Waals surface area contributed by atoms with Crippen LogP contribution in [0, 0.1) is 11.6 Å². The normalized spacial score (nSPS) is 24.6. The Balaban J connectivity index is 2.02. The van der Waals surface area contributed by atoms with Gasteiger partial charge in [0.25, 0.3) is 0 Å². The Morgan fingerprint density at radius 3 is 2.67 bits per heavy atom. The Hall–Kier alpha value is -1.49. The summed E-state index contributed by atoms with van der Waals surface area (Å²) in [4.78, 5) is 7.41. The van der Waals surface area contributed by atoms with E-state index >= 15 is 0 Å². The van der Waals surface area contributed by atoms with Crippen molar-refractivity contribution in [2.24, 2.45) is 5.73 Å². The van der Waals surface area contributed by atoms with Gasteiger partial charge in [-0.1, -0.05) is 12.8 Å². The zero-order chi connectivity index (χ0) is 12.7. The Labute approximate surface area is 103 Å². The van der Waals surface area contributed by atoms with E-state index < -0.39 is 11.6 Å². The SMILES string of the molecule is NC1CCCCC1c1nc2cc(F)c(F)cc2[nH]1. The summed E-state index contributed by atoms with van der Waals surface area (Å²) < 4.78 is 26.3. The Morgan fingerprint density at radius 1 is 1.17 bits per heavy atom. The number of H-pyrrole nitrogens is 1. The highest BCUT2D eigenvalue weighted by atomic mass is 19.2. The molecule has 2 atom stereocenters. The Bertz CT molecular complexity index is 540. The molecule has 2 unspecified atom stereocenters. The van der Waals surface area contributed by atoms with Gasteiger partial charge in [0.2, 0.25) is 0 Å². The molecule has 0 aliphatic heterocycles. The van der Waals surface area contributed by atoms with E-state index in [0.29, 0.717) is 11.0 Å². The van der Waals surface area contributed by atoms with Crippen LogP contribution in [0.25, 0.3) is 11.0 Å². The van der Waals surface area contributed by atoms with Gasteiger partial charge in [-0.2, -0.15) is 0 Å². The van der Waals surface area contributed by atoms with Crippen LogP contribution in [0.2, 0.25) is 0 Å². The number of rotatable bonds is 1. The summed E-state index contributed by atoms with van der Waals surface area (Å²) in [5.74, 6) is -0.807. The Morgan fingerprint density at radius 2 is 1.89 bits per heavy atom. The molecule has 1 aliphatic rings. The predicted molar refractivity (Wildman–Crippen MR) is 65.2 cm³/mol. The lowest BCUT2D eigenvalue weighted by molar-refractivity contribution is 0.375. The van der Waals surface area contributed by atoms with E-state index in [9.17, 15) is 8.78 Å². The third-order valence-corrected chi connectivity index (χ3v) is 3.71. The van der Waals surface area contributed by atoms with Crippen LogP contribution < -0.4 is 5.73 Å². The molecular formula is C13H15F2N3. The molecule has 0 spiro atoms. The summed E-state index contributed by atoms with van der Waals surface area (Å²) in [5.41, 5.74) is 7.07. The number of nitrogens with zero attached hydrogens (tertiary/aromatic N) is 1. The molecule has 18 heavy (non-hydrogen) atoms. The molecule has 2 aromatic rings. The van der Waals surface area contributed by atoms with Crippen molar-refractivity contribution in [2.75, 3.05) is 0 Å². The first-order valence-corrected chi connectivity index (χ1v) is 6.25. The van der Waals surface area contributed by atoms with Gasteiger partial charge in [0.05, 0.1) is 11.0 Å². The minimum absolute atomic E-state index is 0.0778. The molecule has 1 aromatic heterocycles. The number of nitrogens with one attached hydrogen (secondary N) is 1. The van der Waals surface area contributed by atoms with Gasteiger partial charge in [-0.3, -0.25) is 0 Å². The van der Waals surface area contributed by atoms with Gasteiger partial charge >= 0.3 is 0 Å². The molecule has 3 N–H and O–H groups in total. The quantitative estimate of drug-likeness (QED) is 0.818. The van der Waals surface area contributed by atoms with Crippen molar-refractivity contribution >= 4 is 11.0 Å². The second-order valence-electron chi connectivity index (χ2n) is 4.96. The lowest BCUT2D eigenvalue weighted by Crippen LogP contribution is -2.31. The topological polar surface area (TPSA) is 54.7 Å². The number of aromatic nitrogens is 2. The summed E-state index contributed by atoms with van der Waals surface area (Å²) in [6, 6.07) is 2.35. The van der Waals surface area contributed by atoms with Gasteiger partial charge in [0.15, 0.2) is 11.6 Å². The van der Waals surface area contributed by atoms with Crippen molar-refractivity contribution in [1.82, 2.24) is 9.97 Å². The molecular weight excluding hydrogens is 236 g/mol. The van der Waals surface area contributed by atoms with E-state index in [-0.39, 0.29) is 12.0 Å². The molecule has 1 heterocycles. The van der Waals surface area contributed by atoms with Crippen molar-refractivity contribution in [3.63, 3.8) is 0 Å². The van der Waals surface area contributed by atoms with E-state index in [1.165, 1.54) is 0 Å². The molecule has 0 amide bonds. The molecule has 3 nitrogen and oxygen atoms in total. The summed E-state index contributed by atoms with van der Waals surface area (Å²) in [6.07, 6.45) is 4.22. The van der Waals surface area contributed by atoms with Gasteiger partial charge in [0.1, 0.15) is 5.82 Å². The summed E-state index contributed by atoms with van der Waals surface area (Å²) in [5, 5.41) is 0. The number of hydrogen-bond donors (Lipinski definition) is 2. The number of hydrogen-bond acceptors (Lipinski definition) is 2. The minimum atomic E-state index is -0.867. The molecule has 0 radical (unpaired) electrons. The first-order valence-electron chi connectivity index (χ1n) is 6.25. The van der Waals surface area contributed by atoms with Crippen molar-refractivity contribution in [2.45, 2.75) is 37.6 Å². The number of nitrogens with two attached hydrogens (primary N) is 1. The molecule has 1 aromatic carbocycles. The van der Waals surface area contributed by atoms with E-state index in [2.05, 4.69) is 9.97 Å². The van der Waals surface area contributed by atoms with Gasteiger partial charge in [-0.05, 0) is 12.8 Å². The lowest BCUT2D eigenvalue weighted by atomic mass is 9.84. The third-order valence-electron chi connectivity index (χ3n) is 3.71. The molecule has 0 saturated heterocycles. The first kappa shape index (κ1) is 11.6. The zero-order valence-corrected chi connectivity index (χ0v) is 9.92. The number of fused-ring (bicyclic) bond motifs is 1. The fraction of sp³-hybridized carbons (Fsp3) is 0.462. The second kappa shape index (κ2) is 4.31. The fourth-order valence-corrected chi connectivity index (χ4v) is 2.70. The summed E-state index contributed by atoms with van der Waals surface area (Å²) in [7, 11) is 0. The summed E-state index contributed by atoms with van der Waals surface area (Å²) in [6.45, 7) is 0. The maximum absolute atomic E-state index is 13.1. The number of halogens is 2. The largest absolute Gasteiger partial charge is 0.342 e. The maximum Gasteiger partial charge on any atom is 0.161 e. The standard InChI is InChI=1S/C13H15F2N3/c14-8-5-11-12(6-9(8)15)18-13(17-11)7-3-1-2-4-10(7)16/h5-7,10H,1-4,16H2,(H,17,18). The van der Waals surface area contributed by atoms with Crippen LogP contribution in [0.5, 0.6) is 0 Å². The van der Waals surface area contributed by atoms with E-state index in [1.807, 2.05) is 0 Å². The van der Waals surface area contributed by atoms with Crippen LogP contribution in [0.1, 0.15) is 37.4 Å².